The van der Waals surface area contributed by atoms with Crippen LogP contribution >= 0.6 is 11.8 Å². The fourth-order valence-electron chi connectivity index (χ4n) is 2.51. The highest BCUT2D eigenvalue weighted by atomic mass is 32.2. The SMILES string of the molecule is CNc1nc(-c2ccc(C(C)(C)C)cc2)nc2c1CSC2. The van der Waals surface area contributed by atoms with Crippen molar-refractivity contribution in [3.63, 3.8) is 0 Å². The maximum atomic E-state index is 4.75. The number of hydrogen-bond donors (Lipinski definition) is 1. The van der Waals surface area contributed by atoms with E-state index in [0.717, 1.165) is 28.7 Å². The van der Waals surface area contributed by atoms with E-state index in [-0.39, 0.29) is 5.41 Å². The van der Waals surface area contributed by atoms with Crippen LogP contribution < -0.4 is 5.32 Å². The molecule has 2 heterocycles. The quantitative estimate of drug-likeness (QED) is 0.900. The number of aromatic nitrogens is 2. The number of nitrogens with zero attached hydrogens (tertiary/aromatic N) is 2. The van der Waals surface area contributed by atoms with Crippen LogP contribution in [0.3, 0.4) is 0 Å². The van der Waals surface area contributed by atoms with Gasteiger partial charge in [-0.05, 0) is 11.0 Å². The van der Waals surface area contributed by atoms with Crippen molar-refractivity contribution in [3.8, 4) is 11.4 Å². The van der Waals surface area contributed by atoms with Crippen LogP contribution in [0.25, 0.3) is 11.4 Å². The van der Waals surface area contributed by atoms with Gasteiger partial charge in [-0.3, -0.25) is 0 Å². The van der Waals surface area contributed by atoms with Crippen LogP contribution in [0.15, 0.2) is 24.3 Å². The molecule has 0 spiro atoms. The van der Waals surface area contributed by atoms with Crippen molar-refractivity contribution in [1.82, 2.24) is 9.97 Å². The third-order valence-corrected chi connectivity index (χ3v) is 4.79. The second-order valence-corrected chi connectivity index (χ2v) is 7.38. The lowest BCUT2D eigenvalue weighted by Gasteiger charge is -2.19. The molecule has 0 saturated heterocycles. The zero-order valence-electron chi connectivity index (χ0n) is 13.0. The summed E-state index contributed by atoms with van der Waals surface area (Å²) < 4.78 is 0. The first-order valence-corrected chi connectivity index (χ1v) is 8.40. The number of rotatable bonds is 2. The summed E-state index contributed by atoms with van der Waals surface area (Å²) >= 11 is 1.90. The van der Waals surface area contributed by atoms with E-state index < -0.39 is 0 Å². The maximum Gasteiger partial charge on any atom is 0.161 e. The molecule has 0 atom stereocenters. The lowest BCUT2D eigenvalue weighted by Crippen LogP contribution is -2.10. The zero-order chi connectivity index (χ0) is 15.0. The molecule has 1 aromatic heterocycles. The molecule has 3 nitrogen and oxygen atoms in total. The van der Waals surface area contributed by atoms with Crippen LogP contribution in [0.1, 0.15) is 37.6 Å². The van der Waals surface area contributed by atoms with E-state index in [1.807, 2.05) is 18.8 Å². The van der Waals surface area contributed by atoms with Gasteiger partial charge >= 0.3 is 0 Å². The highest BCUT2D eigenvalue weighted by Gasteiger charge is 2.20. The monoisotopic (exact) mass is 299 g/mol. The van der Waals surface area contributed by atoms with Crippen molar-refractivity contribution in [2.45, 2.75) is 37.7 Å². The first kappa shape index (κ1) is 14.4. The van der Waals surface area contributed by atoms with Crippen molar-refractivity contribution in [3.05, 3.63) is 41.1 Å². The molecule has 1 aromatic carbocycles. The molecule has 0 aliphatic carbocycles. The molecule has 1 aliphatic heterocycles. The third kappa shape index (κ3) is 2.77. The van der Waals surface area contributed by atoms with Gasteiger partial charge in [-0.25, -0.2) is 9.97 Å². The Bertz CT molecular complexity index is 657. The van der Waals surface area contributed by atoms with Crippen molar-refractivity contribution >= 4 is 17.6 Å². The van der Waals surface area contributed by atoms with Crippen molar-refractivity contribution in [2.75, 3.05) is 12.4 Å². The number of nitrogens with one attached hydrogen (secondary N) is 1. The van der Waals surface area contributed by atoms with Crippen LogP contribution in [0, 0.1) is 0 Å². The summed E-state index contributed by atoms with van der Waals surface area (Å²) in [6, 6.07) is 8.62. The summed E-state index contributed by atoms with van der Waals surface area (Å²) in [6.07, 6.45) is 0. The van der Waals surface area contributed by atoms with Gasteiger partial charge in [0.25, 0.3) is 0 Å². The molecular formula is C17H21N3S. The normalized spacial score (nSPS) is 14.1. The van der Waals surface area contributed by atoms with E-state index in [1.54, 1.807) is 0 Å². The molecule has 21 heavy (non-hydrogen) atoms. The summed E-state index contributed by atoms with van der Waals surface area (Å²) in [5.74, 6) is 3.79. The molecule has 1 N–H and O–H groups in total. The van der Waals surface area contributed by atoms with E-state index >= 15 is 0 Å². The smallest absolute Gasteiger partial charge is 0.161 e. The Kier molecular flexibility index (Phi) is 3.66. The average molecular weight is 299 g/mol. The summed E-state index contributed by atoms with van der Waals surface area (Å²) in [5, 5.41) is 3.21. The first-order valence-electron chi connectivity index (χ1n) is 7.25. The molecule has 110 valence electrons. The summed E-state index contributed by atoms with van der Waals surface area (Å²) in [6.45, 7) is 6.68. The van der Waals surface area contributed by atoms with E-state index in [1.165, 1.54) is 16.8 Å². The molecule has 0 fully saturated rings. The Morgan fingerprint density at radius 1 is 1.05 bits per heavy atom. The molecule has 4 heteroatoms. The van der Waals surface area contributed by atoms with Gasteiger partial charge in [0.15, 0.2) is 5.82 Å². The number of fused-ring (bicyclic) bond motifs is 1. The Labute approximate surface area is 130 Å². The zero-order valence-corrected chi connectivity index (χ0v) is 13.8. The third-order valence-electron chi connectivity index (χ3n) is 3.82. The lowest BCUT2D eigenvalue weighted by molar-refractivity contribution is 0.590. The highest BCUT2D eigenvalue weighted by Crippen LogP contribution is 2.34. The Balaban J connectivity index is 2.01. The van der Waals surface area contributed by atoms with Crippen molar-refractivity contribution in [2.24, 2.45) is 0 Å². The summed E-state index contributed by atoms with van der Waals surface area (Å²) in [5.41, 5.74) is 5.02. The van der Waals surface area contributed by atoms with Crippen LogP contribution in [-0.4, -0.2) is 17.0 Å². The van der Waals surface area contributed by atoms with Gasteiger partial charge in [0, 0.05) is 29.7 Å². The van der Waals surface area contributed by atoms with Gasteiger partial charge in [-0.2, -0.15) is 11.8 Å². The Morgan fingerprint density at radius 2 is 1.76 bits per heavy atom. The second-order valence-electron chi connectivity index (χ2n) is 6.39. The van der Waals surface area contributed by atoms with E-state index in [4.69, 9.17) is 4.98 Å². The Hall–Kier alpha value is -1.55. The van der Waals surface area contributed by atoms with Gasteiger partial charge in [-0.1, -0.05) is 45.0 Å². The van der Waals surface area contributed by atoms with Crippen molar-refractivity contribution < 1.29 is 0 Å². The molecule has 0 amide bonds. The topological polar surface area (TPSA) is 37.8 Å². The second kappa shape index (κ2) is 5.34. The number of thioether (sulfide) groups is 1. The molecule has 2 aromatic rings. The first-order chi connectivity index (χ1) is 9.99. The molecular weight excluding hydrogens is 278 g/mol. The molecule has 0 unspecified atom stereocenters. The van der Waals surface area contributed by atoms with Gasteiger partial charge in [-0.15, -0.1) is 0 Å². The average Bonchev–Trinajstić information content (AvgIpc) is 2.93. The predicted molar refractivity (Wildman–Crippen MR) is 90.7 cm³/mol. The van der Waals surface area contributed by atoms with Crippen LogP contribution in [0.5, 0.6) is 0 Å². The minimum atomic E-state index is 0.171. The fraction of sp³-hybridized carbons (Fsp3) is 0.412. The van der Waals surface area contributed by atoms with E-state index in [9.17, 15) is 0 Å². The van der Waals surface area contributed by atoms with E-state index in [0.29, 0.717) is 0 Å². The molecule has 0 saturated carbocycles. The number of benzene rings is 1. The summed E-state index contributed by atoms with van der Waals surface area (Å²) in [4.78, 5) is 9.44. The van der Waals surface area contributed by atoms with Gasteiger partial charge < -0.3 is 5.32 Å². The largest absolute Gasteiger partial charge is 0.373 e. The fourth-order valence-corrected chi connectivity index (χ4v) is 3.55. The number of anilines is 1. The number of hydrogen-bond acceptors (Lipinski definition) is 4. The Morgan fingerprint density at radius 3 is 2.38 bits per heavy atom. The maximum absolute atomic E-state index is 4.75. The van der Waals surface area contributed by atoms with Crippen LogP contribution in [0.2, 0.25) is 0 Å². The molecule has 0 bridgehead atoms. The van der Waals surface area contributed by atoms with Crippen LogP contribution in [-0.2, 0) is 16.9 Å². The lowest BCUT2D eigenvalue weighted by atomic mass is 9.86. The van der Waals surface area contributed by atoms with Gasteiger partial charge in [0.05, 0.1) is 5.69 Å². The predicted octanol–water partition coefficient (Wildman–Crippen LogP) is 4.23. The molecule has 1 aliphatic rings. The van der Waals surface area contributed by atoms with Gasteiger partial charge in [0.1, 0.15) is 5.82 Å². The highest BCUT2D eigenvalue weighted by molar-refractivity contribution is 7.98. The summed E-state index contributed by atoms with van der Waals surface area (Å²) in [7, 11) is 1.93. The van der Waals surface area contributed by atoms with Crippen molar-refractivity contribution in [1.29, 1.82) is 0 Å². The van der Waals surface area contributed by atoms with E-state index in [2.05, 4.69) is 55.3 Å². The van der Waals surface area contributed by atoms with Crippen LogP contribution in [0.4, 0.5) is 5.82 Å². The minimum absolute atomic E-state index is 0.171. The molecule has 0 radical (unpaired) electrons. The minimum Gasteiger partial charge on any atom is -0.373 e. The van der Waals surface area contributed by atoms with Gasteiger partial charge in [0.2, 0.25) is 0 Å². The standard InChI is InChI=1S/C17H21N3S/c1-17(2,3)12-7-5-11(6-8-12)15-19-14-10-21-9-13(14)16(18-4)20-15/h5-8H,9-10H2,1-4H3,(H,18,19,20). The molecule has 3 rings (SSSR count).